The monoisotopic (exact) mass is 458 g/mol. The van der Waals surface area contributed by atoms with Gasteiger partial charge in [0.25, 0.3) is 0 Å². The number of hydrogen-bond acceptors (Lipinski definition) is 1. The Bertz CT molecular complexity index is 85.4. The average molecular weight is 458 g/mol. The highest BCUT2D eigenvalue weighted by molar-refractivity contribution is 14.3. The van der Waals surface area contributed by atoms with E-state index in [1.165, 1.54) is 0 Å². The number of rotatable bonds is 1. The molecule has 0 saturated heterocycles. The lowest BCUT2D eigenvalue weighted by Gasteiger charge is -2.02. The van der Waals surface area contributed by atoms with E-state index in [1.54, 1.807) is 0 Å². The molecule has 0 fully saturated rings. The third kappa shape index (κ3) is 4.78. The molecule has 2 nitrogen and oxygen atoms in total. The van der Waals surface area contributed by atoms with E-state index in [1.807, 2.05) is 67.8 Å². The van der Waals surface area contributed by atoms with Crippen molar-refractivity contribution in [2.75, 3.05) is 0 Å². The summed E-state index contributed by atoms with van der Waals surface area (Å²) in [6, 6.07) is 0. The van der Waals surface area contributed by atoms with E-state index in [4.69, 9.17) is 4.55 Å². The van der Waals surface area contributed by atoms with Crippen molar-refractivity contribution < 1.29 is 8.76 Å². The van der Waals surface area contributed by atoms with Crippen molar-refractivity contribution in [2.45, 2.75) is -1.23 Å². The van der Waals surface area contributed by atoms with Crippen LogP contribution in [0.2, 0.25) is 0 Å². The zero-order valence-corrected chi connectivity index (χ0v) is 10.2. The van der Waals surface area contributed by atoms with Crippen molar-refractivity contribution in [3.63, 3.8) is 0 Å². The molecule has 1 N–H and O–H groups in total. The predicted molar refractivity (Wildman–Crippen MR) is 55.6 cm³/mol. The molecule has 0 radical (unpaired) electrons. The molecule has 1 unspecified atom stereocenters. The second kappa shape index (κ2) is 3.46. The third-order valence-electron chi connectivity index (χ3n) is 0.198. The third-order valence-corrected chi connectivity index (χ3v) is 3.98. The molecule has 0 aromatic heterocycles. The van der Waals surface area contributed by atoms with E-state index in [2.05, 4.69) is 0 Å². The zero-order valence-electron chi connectivity index (χ0n) is 2.90. The smallest absolute Gasteiger partial charge is 0.222 e. The highest BCUT2D eigenvalue weighted by Gasteiger charge is 2.24. The summed E-state index contributed by atoms with van der Waals surface area (Å²) in [6.07, 6.45) is 0. The minimum Gasteiger partial charge on any atom is -0.304 e. The molecule has 0 amide bonds. The van der Waals surface area contributed by atoms with Crippen LogP contribution in [0.15, 0.2) is 0 Å². The van der Waals surface area contributed by atoms with Gasteiger partial charge in [-0.05, 0) is 67.8 Å². The number of halogens is 3. The van der Waals surface area contributed by atoms with Crippen LogP contribution >= 0.6 is 67.8 Å². The van der Waals surface area contributed by atoms with Crippen molar-refractivity contribution in [3.8, 4) is 0 Å². The van der Waals surface area contributed by atoms with E-state index in [-0.39, 0.29) is 0 Å². The molecule has 0 bridgehead atoms. The maximum absolute atomic E-state index is 10.1. The molecule has 0 spiro atoms. The summed E-state index contributed by atoms with van der Waals surface area (Å²) in [5.74, 6) is 0. The van der Waals surface area contributed by atoms with Crippen LogP contribution in [-0.2, 0) is 11.1 Å². The minimum atomic E-state index is -1.72. The molecule has 44 valence electrons. The Hall–Kier alpha value is 2.30. The van der Waals surface area contributed by atoms with Crippen molar-refractivity contribution in [1.29, 1.82) is 0 Å². The number of hydrogen-bond donors (Lipinski definition) is 1. The van der Waals surface area contributed by atoms with Gasteiger partial charge in [0, 0.05) is 0 Å². The lowest BCUT2D eigenvalue weighted by atomic mass is 11.9. The fourth-order valence-corrected chi connectivity index (χ4v) is 0. The summed E-state index contributed by atoms with van der Waals surface area (Å²) in [5, 5.41) is 0. The van der Waals surface area contributed by atoms with Gasteiger partial charge in [-0.1, -0.05) is 0 Å². The quantitative estimate of drug-likeness (QED) is 0.372. The van der Waals surface area contributed by atoms with Gasteiger partial charge < -0.3 is 4.55 Å². The first kappa shape index (κ1) is 9.30. The first-order valence-corrected chi connectivity index (χ1v) is 5.46. The topological polar surface area (TPSA) is 37.3 Å². The van der Waals surface area contributed by atoms with Crippen molar-refractivity contribution in [3.05, 3.63) is 0 Å². The molecule has 7 heavy (non-hydrogen) atoms. The van der Waals surface area contributed by atoms with Gasteiger partial charge in [0.2, 0.25) is -1.23 Å². The molecule has 0 saturated carbocycles. The highest BCUT2D eigenvalue weighted by Crippen LogP contribution is 2.37. The Balaban J connectivity index is 3.79. The van der Waals surface area contributed by atoms with E-state index < -0.39 is 9.85 Å². The maximum atomic E-state index is 10.1. The molecule has 0 rings (SSSR count). The fourth-order valence-electron chi connectivity index (χ4n) is 0. The lowest BCUT2D eigenvalue weighted by Crippen LogP contribution is -2.06. The zero-order chi connectivity index (χ0) is 6.08. The Morgan fingerprint density at radius 1 is 1.43 bits per heavy atom. The maximum Gasteiger partial charge on any atom is 0.222 e. The van der Waals surface area contributed by atoms with Gasteiger partial charge in [-0.25, -0.2) is 4.21 Å². The van der Waals surface area contributed by atoms with Crippen LogP contribution in [0, 0.1) is 0 Å². The Morgan fingerprint density at radius 3 is 1.57 bits per heavy atom. The van der Waals surface area contributed by atoms with Crippen LogP contribution in [0.3, 0.4) is 0 Å². The molecule has 0 heterocycles. The predicted octanol–water partition coefficient (Wildman–Crippen LogP) is 2.12. The SMILES string of the molecule is O=S(O)C(I)(I)I. The Labute approximate surface area is 84.9 Å². The standard InChI is InChI=1S/CHI3O2S/c2-1(3,4)7(5)6/h(H,5,6). The van der Waals surface area contributed by atoms with Gasteiger partial charge in [-0.3, -0.25) is 0 Å². The molecule has 1 atom stereocenters. The van der Waals surface area contributed by atoms with Gasteiger partial charge in [0.15, 0.2) is 11.1 Å². The van der Waals surface area contributed by atoms with Crippen LogP contribution < -0.4 is 0 Å². The highest BCUT2D eigenvalue weighted by atomic mass is 127. The van der Waals surface area contributed by atoms with Gasteiger partial charge in [-0.2, -0.15) is 0 Å². The molecular formula is CHI3O2S. The summed E-state index contributed by atoms with van der Waals surface area (Å²) in [5.41, 5.74) is 0. The molecular weight excluding hydrogens is 457 g/mol. The van der Waals surface area contributed by atoms with Gasteiger partial charge in [-0.15, -0.1) is 0 Å². The van der Waals surface area contributed by atoms with E-state index in [9.17, 15) is 4.21 Å². The molecule has 0 aliphatic rings. The molecule has 0 aromatic carbocycles. The van der Waals surface area contributed by atoms with Crippen LogP contribution in [0.4, 0.5) is 0 Å². The minimum absolute atomic E-state index is 0.562. The summed E-state index contributed by atoms with van der Waals surface area (Å²) < 4.78 is 17.9. The van der Waals surface area contributed by atoms with Crippen molar-refractivity contribution in [2.24, 2.45) is 0 Å². The van der Waals surface area contributed by atoms with Crippen LogP contribution in [0.1, 0.15) is 0 Å². The van der Waals surface area contributed by atoms with Gasteiger partial charge in [0.1, 0.15) is 0 Å². The molecule has 6 heteroatoms. The average Bonchev–Trinajstić information content (AvgIpc) is 1.31. The largest absolute Gasteiger partial charge is 0.304 e. The lowest BCUT2D eigenvalue weighted by molar-refractivity contribution is 0.569. The first-order chi connectivity index (χ1) is 2.94. The number of alkyl halides is 3. The molecule has 0 aliphatic carbocycles. The van der Waals surface area contributed by atoms with E-state index in [0.29, 0.717) is 0 Å². The summed E-state index contributed by atoms with van der Waals surface area (Å²) in [7, 11) is 0. The summed E-state index contributed by atoms with van der Waals surface area (Å²) in [6.45, 7) is 0. The van der Waals surface area contributed by atoms with E-state index >= 15 is 0 Å². The summed E-state index contributed by atoms with van der Waals surface area (Å²) >= 11 is 3.95. The van der Waals surface area contributed by atoms with Gasteiger partial charge in [0.05, 0.1) is 0 Å². The van der Waals surface area contributed by atoms with Crippen LogP contribution in [0.25, 0.3) is 0 Å². The first-order valence-electron chi connectivity index (χ1n) is 1.12. The van der Waals surface area contributed by atoms with Gasteiger partial charge >= 0.3 is 0 Å². The molecule has 0 aromatic rings. The summed E-state index contributed by atoms with van der Waals surface area (Å²) in [4.78, 5) is 0. The van der Waals surface area contributed by atoms with Crippen molar-refractivity contribution in [1.82, 2.24) is 0 Å². The Kier molecular flexibility index (Phi) is 4.60. The Morgan fingerprint density at radius 2 is 1.57 bits per heavy atom. The van der Waals surface area contributed by atoms with E-state index in [0.717, 1.165) is 0 Å². The van der Waals surface area contributed by atoms with Crippen LogP contribution in [-0.4, -0.2) is 7.53 Å². The molecule has 0 aliphatic heterocycles. The van der Waals surface area contributed by atoms with Crippen molar-refractivity contribution >= 4 is 78.9 Å². The second-order valence-corrected chi connectivity index (χ2v) is 15.0. The fraction of sp³-hybridized carbons (Fsp3) is 1.00. The van der Waals surface area contributed by atoms with Crippen LogP contribution in [0.5, 0.6) is 0 Å². The normalized spacial score (nSPS) is 16.6. The second-order valence-electron chi connectivity index (χ2n) is 0.695.